The number of fused-ring (bicyclic) bond motifs is 1. The van der Waals surface area contributed by atoms with Crippen molar-refractivity contribution in [2.75, 3.05) is 13.1 Å². The van der Waals surface area contributed by atoms with Crippen LogP contribution in [0.4, 0.5) is 0 Å². The number of aliphatic carboxylic acids is 1. The van der Waals surface area contributed by atoms with Gasteiger partial charge < -0.3 is 10.0 Å². The van der Waals surface area contributed by atoms with Crippen LogP contribution in [0.5, 0.6) is 0 Å². The first kappa shape index (κ1) is 16.4. The van der Waals surface area contributed by atoms with E-state index in [0.29, 0.717) is 38.1 Å². The molecule has 3 heterocycles. The Labute approximate surface area is 139 Å². The summed E-state index contributed by atoms with van der Waals surface area (Å²) in [5, 5.41) is 13.3. The molecule has 1 fully saturated rings. The molecule has 1 unspecified atom stereocenters. The first-order chi connectivity index (χ1) is 11.5. The van der Waals surface area contributed by atoms with Crippen molar-refractivity contribution < 1.29 is 14.7 Å². The second-order valence-electron chi connectivity index (χ2n) is 6.25. The quantitative estimate of drug-likeness (QED) is 0.897. The van der Waals surface area contributed by atoms with E-state index in [9.17, 15) is 9.59 Å². The van der Waals surface area contributed by atoms with E-state index in [1.165, 1.54) is 6.33 Å². The Hall–Kier alpha value is -2.51. The third kappa shape index (κ3) is 3.08. The van der Waals surface area contributed by atoms with Gasteiger partial charge in [0.1, 0.15) is 6.33 Å². The van der Waals surface area contributed by atoms with E-state index in [1.54, 1.807) is 9.42 Å². The standard InChI is InChI=1S/C16H21N5O3/c1-10-13(11(2)21-16(19-10)17-9-18-21)5-6-14(22)20-7-3-4-12(8-20)15(23)24/h9,12H,3-8H2,1-2H3,(H,23,24). The lowest BCUT2D eigenvalue weighted by Gasteiger charge is -2.30. The fraction of sp³-hybridized carbons (Fsp3) is 0.562. The zero-order valence-electron chi connectivity index (χ0n) is 13.9. The third-order valence-electron chi connectivity index (χ3n) is 4.70. The Morgan fingerprint density at radius 2 is 2.17 bits per heavy atom. The molecule has 1 aliphatic rings. The monoisotopic (exact) mass is 331 g/mol. The molecule has 0 bridgehead atoms. The lowest BCUT2D eigenvalue weighted by Crippen LogP contribution is -2.42. The summed E-state index contributed by atoms with van der Waals surface area (Å²) in [6, 6.07) is 0. The highest BCUT2D eigenvalue weighted by Crippen LogP contribution is 2.19. The predicted octanol–water partition coefficient (Wildman–Crippen LogP) is 0.997. The number of aromatic nitrogens is 4. The molecular formula is C16H21N5O3. The van der Waals surface area contributed by atoms with Gasteiger partial charge in [0.25, 0.3) is 5.78 Å². The molecule has 1 amide bonds. The summed E-state index contributed by atoms with van der Waals surface area (Å²) in [5.74, 6) is -0.710. The molecule has 3 rings (SSSR count). The van der Waals surface area contributed by atoms with Crippen LogP contribution >= 0.6 is 0 Å². The summed E-state index contributed by atoms with van der Waals surface area (Å²) in [6.45, 7) is 4.80. The minimum absolute atomic E-state index is 0.00145. The molecule has 1 aliphatic heterocycles. The van der Waals surface area contributed by atoms with Crippen LogP contribution in [0.2, 0.25) is 0 Å². The molecule has 2 aromatic heterocycles. The van der Waals surface area contributed by atoms with Crippen LogP contribution < -0.4 is 0 Å². The number of nitrogens with zero attached hydrogens (tertiary/aromatic N) is 5. The summed E-state index contributed by atoms with van der Waals surface area (Å²) in [5.41, 5.74) is 2.78. The van der Waals surface area contributed by atoms with Gasteiger partial charge in [-0.05, 0) is 38.7 Å². The van der Waals surface area contributed by atoms with Crippen molar-refractivity contribution in [1.82, 2.24) is 24.5 Å². The topological polar surface area (TPSA) is 101 Å². The van der Waals surface area contributed by atoms with Crippen LogP contribution in [0.15, 0.2) is 6.33 Å². The SMILES string of the molecule is Cc1nc2ncnn2c(C)c1CCC(=O)N1CCCC(C(=O)O)C1. The average Bonchev–Trinajstić information content (AvgIpc) is 3.03. The highest BCUT2D eigenvalue weighted by Gasteiger charge is 2.28. The minimum Gasteiger partial charge on any atom is -0.481 e. The minimum atomic E-state index is -0.819. The maximum absolute atomic E-state index is 12.5. The van der Waals surface area contributed by atoms with E-state index in [-0.39, 0.29) is 5.91 Å². The fourth-order valence-electron chi connectivity index (χ4n) is 3.31. The van der Waals surface area contributed by atoms with E-state index in [4.69, 9.17) is 5.11 Å². The van der Waals surface area contributed by atoms with E-state index in [2.05, 4.69) is 15.1 Å². The largest absolute Gasteiger partial charge is 0.481 e. The molecule has 0 saturated carbocycles. The number of piperidine rings is 1. The first-order valence-electron chi connectivity index (χ1n) is 8.13. The van der Waals surface area contributed by atoms with Crippen molar-refractivity contribution >= 4 is 17.7 Å². The number of carbonyl (C=O) groups excluding carboxylic acids is 1. The zero-order valence-corrected chi connectivity index (χ0v) is 13.9. The van der Waals surface area contributed by atoms with Crippen molar-refractivity contribution in [3.05, 3.63) is 23.3 Å². The zero-order chi connectivity index (χ0) is 17.3. The van der Waals surface area contributed by atoms with Gasteiger partial charge in [-0.3, -0.25) is 9.59 Å². The molecule has 2 aromatic rings. The van der Waals surface area contributed by atoms with Crippen LogP contribution in [-0.2, 0) is 16.0 Å². The van der Waals surface area contributed by atoms with Gasteiger partial charge in [0, 0.05) is 30.9 Å². The number of carbonyl (C=O) groups is 2. The van der Waals surface area contributed by atoms with Gasteiger partial charge >= 0.3 is 5.97 Å². The number of carboxylic acids is 1. The highest BCUT2D eigenvalue weighted by atomic mass is 16.4. The first-order valence-corrected chi connectivity index (χ1v) is 8.13. The number of amides is 1. The van der Waals surface area contributed by atoms with Gasteiger partial charge in [-0.2, -0.15) is 10.1 Å². The van der Waals surface area contributed by atoms with Crippen molar-refractivity contribution in [3.63, 3.8) is 0 Å². The molecule has 8 heteroatoms. The van der Waals surface area contributed by atoms with Gasteiger partial charge in [-0.15, -0.1) is 0 Å². The summed E-state index contributed by atoms with van der Waals surface area (Å²) >= 11 is 0. The van der Waals surface area contributed by atoms with Crippen molar-refractivity contribution in [2.45, 2.75) is 39.5 Å². The molecule has 24 heavy (non-hydrogen) atoms. The molecule has 8 nitrogen and oxygen atoms in total. The van der Waals surface area contributed by atoms with Crippen molar-refractivity contribution in [3.8, 4) is 0 Å². The second kappa shape index (κ2) is 6.54. The molecule has 0 spiro atoms. The van der Waals surface area contributed by atoms with Gasteiger partial charge in [-0.25, -0.2) is 9.50 Å². The number of hydrogen-bond donors (Lipinski definition) is 1. The van der Waals surface area contributed by atoms with E-state index >= 15 is 0 Å². The average molecular weight is 331 g/mol. The molecule has 128 valence electrons. The summed E-state index contributed by atoms with van der Waals surface area (Å²) in [4.78, 5) is 33.8. The van der Waals surface area contributed by atoms with Gasteiger partial charge in [-0.1, -0.05) is 0 Å². The van der Waals surface area contributed by atoms with Crippen molar-refractivity contribution in [1.29, 1.82) is 0 Å². The normalized spacial score (nSPS) is 18.1. The van der Waals surface area contributed by atoms with Gasteiger partial charge in [0.15, 0.2) is 0 Å². The lowest BCUT2D eigenvalue weighted by molar-refractivity contribution is -0.145. The molecule has 1 N–H and O–H groups in total. The molecule has 1 atom stereocenters. The van der Waals surface area contributed by atoms with Crippen LogP contribution in [0.1, 0.15) is 36.2 Å². The fourth-order valence-corrected chi connectivity index (χ4v) is 3.31. The van der Waals surface area contributed by atoms with E-state index in [1.807, 2.05) is 13.8 Å². The smallest absolute Gasteiger partial charge is 0.308 e. The van der Waals surface area contributed by atoms with Crippen LogP contribution in [0.3, 0.4) is 0 Å². The van der Waals surface area contributed by atoms with Crippen molar-refractivity contribution in [2.24, 2.45) is 5.92 Å². The number of likely N-dealkylation sites (tertiary alicyclic amines) is 1. The predicted molar refractivity (Wildman–Crippen MR) is 85.5 cm³/mol. The molecule has 1 saturated heterocycles. The van der Waals surface area contributed by atoms with Gasteiger partial charge in [0.2, 0.25) is 5.91 Å². The molecule has 0 aliphatic carbocycles. The lowest BCUT2D eigenvalue weighted by atomic mass is 9.97. The highest BCUT2D eigenvalue weighted by molar-refractivity contribution is 5.78. The van der Waals surface area contributed by atoms with E-state index in [0.717, 1.165) is 23.4 Å². The molecular weight excluding hydrogens is 310 g/mol. The van der Waals surface area contributed by atoms with Crippen LogP contribution in [0.25, 0.3) is 5.78 Å². The Morgan fingerprint density at radius 1 is 1.38 bits per heavy atom. The Balaban J connectivity index is 1.69. The number of hydrogen-bond acceptors (Lipinski definition) is 5. The van der Waals surface area contributed by atoms with E-state index < -0.39 is 11.9 Å². The number of rotatable bonds is 4. The third-order valence-corrected chi connectivity index (χ3v) is 4.70. The van der Waals surface area contributed by atoms with Gasteiger partial charge in [0.05, 0.1) is 5.92 Å². The second-order valence-corrected chi connectivity index (χ2v) is 6.25. The Kier molecular flexibility index (Phi) is 4.46. The maximum Gasteiger partial charge on any atom is 0.308 e. The summed E-state index contributed by atoms with van der Waals surface area (Å²) < 4.78 is 1.67. The van der Waals surface area contributed by atoms with Crippen LogP contribution in [-0.4, -0.2) is 54.6 Å². The Bertz CT molecular complexity index is 785. The summed E-state index contributed by atoms with van der Waals surface area (Å²) in [7, 11) is 0. The van der Waals surface area contributed by atoms with Crippen LogP contribution in [0, 0.1) is 19.8 Å². The molecule has 0 aromatic carbocycles. The Morgan fingerprint density at radius 3 is 2.92 bits per heavy atom. The summed E-state index contributed by atoms with van der Waals surface area (Å²) in [6.07, 6.45) is 3.75. The number of aryl methyl sites for hydroxylation is 2. The molecule has 0 radical (unpaired) electrons. The maximum atomic E-state index is 12.5. The number of carboxylic acid groups (broad SMARTS) is 1.